The molecule has 6 nitrogen and oxygen atoms in total. The number of nitrogens with zero attached hydrogens (tertiary/aromatic N) is 4. The maximum atomic E-state index is 10.9. The first-order chi connectivity index (χ1) is 8.75. The van der Waals surface area contributed by atoms with Gasteiger partial charge in [-0.2, -0.15) is 5.10 Å². The Hall–Kier alpha value is -2.76. The van der Waals surface area contributed by atoms with E-state index in [-0.39, 0.29) is 5.69 Å². The van der Waals surface area contributed by atoms with Gasteiger partial charge in [-0.3, -0.25) is 4.98 Å². The zero-order valence-electron chi connectivity index (χ0n) is 9.19. The molecule has 0 radical (unpaired) electrons. The zero-order chi connectivity index (χ0) is 12.5. The molecule has 3 aromatic heterocycles. The van der Waals surface area contributed by atoms with Crippen molar-refractivity contribution in [2.45, 2.75) is 0 Å². The lowest BCUT2D eigenvalue weighted by molar-refractivity contribution is 0.0690. The fourth-order valence-corrected chi connectivity index (χ4v) is 1.74. The van der Waals surface area contributed by atoms with E-state index < -0.39 is 5.97 Å². The molecule has 0 saturated carbocycles. The fraction of sp³-hybridized carbons (Fsp3) is 0. The van der Waals surface area contributed by atoms with Gasteiger partial charge in [-0.05, 0) is 18.2 Å². The third kappa shape index (κ3) is 1.60. The van der Waals surface area contributed by atoms with Gasteiger partial charge in [0.05, 0.1) is 5.69 Å². The Labute approximate surface area is 102 Å². The van der Waals surface area contributed by atoms with Crippen molar-refractivity contribution >= 4 is 11.6 Å². The molecule has 1 N–H and O–H groups in total. The summed E-state index contributed by atoms with van der Waals surface area (Å²) in [5.41, 5.74) is 2.15. The van der Waals surface area contributed by atoms with Crippen LogP contribution < -0.4 is 0 Å². The predicted octanol–water partition coefficient (Wildman–Crippen LogP) is 1.49. The van der Waals surface area contributed by atoms with Crippen molar-refractivity contribution in [3.05, 3.63) is 48.5 Å². The van der Waals surface area contributed by atoms with Crippen LogP contribution in [0.4, 0.5) is 0 Å². The molecule has 88 valence electrons. The Morgan fingerprint density at radius 2 is 1.94 bits per heavy atom. The molecule has 0 fully saturated rings. The molecule has 0 atom stereocenters. The van der Waals surface area contributed by atoms with Gasteiger partial charge in [-0.1, -0.05) is 0 Å². The average molecular weight is 240 g/mol. The van der Waals surface area contributed by atoms with Crippen molar-refractivity contribution in [2.24, 2.45) is 0 Å². The van der Waals surface area contributed by atoms with Gasteiger partial charge < -0.3 is 5.11 Å². The van der Waals surface area contributed by atoms with Crippen molar-refractivity contribution < 1.29 is 9.90 Å². The van der Waals surface area contributed by atoms with Crippen molar-refractivity contribution in [3.8, 4) is 11.3 Å². The van der Waals surface area contributed by atoms with Gasteiger partial charge in [0.2, 0.25) is 0 Å². The number of aromatic carboxylic acids is 1. The zero-order valence-corrected chi connectivity index (χ0v) is 9.19. The van der Waals surface area contributed by atoms with E-state index in [1.165, 1.54) is 10.6 Å². The molecule has 0 unspecified atom stereocenters. The number of carbonyl (C=O) groups is 1. The van der Waals surface area contributed by atoms with Crippen LogP contribution in [0, 0.1) is 0 Å². The maximum Gasteiger partial charge on any atom is 0.356 e. The smallest absolute Gasteiger partial charge is 0.356 e. The lowest BCUT2D eigenvalue weighted by atomic mass is 10.2. The number of aromatic nitrogens is 4. The Kier molecular flexibility index (Phi) is 2.26. The molecule has 6 heteroatoms. The molecule has 0 bridgehead atoms. The topological polar surface area (TPSA) is 80.4 Å². The number of fused-ring (bicyclic) bond motifs is 1. The second-order valence-corrected chi connectivity index (χ2v) is 3.67. The number of pyridine rings is 1. The minimum absolute atomic E-state index is 0.0241. The lowest BCUT2D eigenvalue weighted by Gasteiger charge is -2.03. The van der Waals surface area contributed by atoms with Gasteiger partial charge in [0.15, 0.2) is 11.3 Å². The van der Waals surface area contributed by atoms with E-state index in [1.807, 2.05) is 12.1 Å². The molecule has 0 aliphatic carbocycles. The monoisotopic (exact) mass is 240 g/mol. The third-order valence-electron chi connectivity index (χ3n) is 2.55. The largest absolute Gasteiger partial charge is 0.476 e. The molecule has 3 rings (SSSR count). The summed E-state index contributed by atoms with van der Waals surface area (Å²) in [5.74, 6) is -1.07. The molecule has 0 aliphatic heterocycles. The van der Waals surface area contributed by atoms with Gasteiger partial charge in [-0.15, -0.1) is 0 Å². The standard InChI is InChI=1S/C12H8N4O2/c17-12(18)9-7-11-14-6-3-10(16(11)15-9)8-1-4-13-5-2-8/h1-7H,(H,17,18). The van der Waals surface area contributed by atoms with E-state index in [0.717, 1.165) is 11.3 Å². The molecule has 3 aromatic rings. The maximum absolute atomic E-state index is 10.9. The van der Waals surface area contributed by atoms with Gasteiger partial charge >= 0.3 is 5.97 Å². The van der Waals surface area contributed by atoms with Gasteiger partial charge in [0, 0.05) is 30.2 Å². The minimum Gasteiger partial charge on any atom is -0.476 e. The Morgan fingerprint density at radius 1 is 1.17 bits per heavy atom. The quantitative estimate of drug-likeness (QED) is 0.734. The van der Waals surface area contributed by atoms with E-state index in [0.29, 0.717) is 5.65 Å². The molecule has 0 aliphatic rings. The van der Waals surface area contributed by atoms with Crippen LogP contribution in [-0.4, -0.2) is 30.7 Å². The summed E-state index contributed by atoms with van der Waals surface area (Å²) in [6, 6.07) is 6.88. The van der Waals surface area contributed by atoms with Gasteiger partial charge in [0.25, 0.3) is 0 Å². The summed E-state index contributed by atoms with van der Waals surface area (Å²) in [7, 11) is 0. The van der Waals surface area contributed by atoms with E-state index in [9.17, 15) is 4.79 Å². The molecule has 18 heavy (non-hydrogen) atoms. The number of hydrogen-bond acceptors (Lipinski definition) is 4. The highest BCUT2D eigenvalue weighted by Crippen LogP contribution is 2.18. The van der Waals surface area contributed by atoms with Crippen LogP contribution in [0.3, 0.4) is 0 Å². The highest BCUT2D eigenvalue weighted by molar-refractivity contribution is 5.86. The number of rotatable bonds is 2. The molecule has 3 heterocycles. The summed E-state index contributed by atoms with van der Waals surface area (Å²) >= 11 is 0. The first kappa shape index (κ1) is 10.4. The Morgan fingerprint density at radius 3 is 2.67 bits per heavy atom. The Bertz CT molecular complexity index is 721. The second-order valence-electron chi connectivity index (χ2n) is 3.67. The highest BCUT2D eigenvalue weighted by Gasteiger charge is 2.12. The third-order valence-corrected chi connectivity index (χ3v) is 2.55. The molecule has 0 amide bonds. The van der Waals surface area contributed by atoms with Crippen LogP contribution in [0.1, 0.15) is 10.5 Å². The molecule has 0 aromatic carbocycles. The predicted molar refractivity (Wildman–Crippen MR) is 63.2 cm³/mol. The average Bonchev–Trinajstić information content (AvgIpc) is 2.83. The van der Waals surface area contributed by atoms with E-state index in [1.54, 1.807) is 24.7 Å². The molecule has 0 saturated heterocycles. The van der Waals surface area contributed by atoms with E-state index in [4.69, 9.17) is 5.11 Å². The van der Waals surface area contributed by atoms with Crippen molar-refractivity contribution in [3.63, 3.8) is 0 Å². The summed E-state index contributed by atoms with van der Waals surface area (Å²) < 4.78 is 1.51. The van der Waals surface area contributed by atoms with E-state index >= 15 is 0 Å². The summed E-state index contributed by atoms with van der Waals surface area (Å²) in [6.07, 6.45) is 4.96. The molecule has 0 spiro atoms. The Balaban J connectivity index is 2.27. The fourth-order valence-electron chi connectivity index (χ4n) is 1.74. The van der Waals surface area contributed by atoms with Crippen molar-refractivity contribution in [2.75, 3.05) is 0 Å². The molecular weight excluding hydrogens is 232 g/mol. The van der Waals surface area contributed by atoms with Crippen LogP contribution in [0.25, 0.3) is 16.9 Å². The first-order valence-corrected chi connectivity index (χ1v) is 5.24. The van der Waals surface area contributed by atoms with Crippen LogP contribution in [0.15, 0.2) is 42.9 Å². The van der Waals surface area contributed by atoms with Crippen LogP contribution in [0.2, 0.25) is 0 Å². The van der Waals surface area contributed by atoms with Gasteiger partial charge in [-0.25, -0.2) is 14.3 Å². The van der Waals surface area contributed by atoms with Gasteiger partial charge in [0.1, 0.15) is 0 Å². The second kappa shape index (κ2) is 3.92. The van der Waals surface area contributed by atoms with Crippen molar-refractivity contribution in [1.29, 1.82) is 0 Å². The summed E-state index contributed by atoms with van der Waals surface area (Å²) in [4.78, 5) is 18.9. The highest BCUT2D eigenvalue weighted by atomic mass is 16.4. The number of hydrogen-bond donors (Lipinski definition) is 1. The summed E-state index contributed by atoms with van der Waals surface area (Å²) in [6.45, 7) is 0. The normalized spacial score (nSPS) is 10.7. The number of carboxylic acid groups (broad SMARTS) is 1. The number of carboxylic acids is 1. The van der Waals surface area contributed by atoms with Crippen LogP contribution in [0.5, 0.6) is 0 Å². The van der Waals surface area contributed by atoms with E-state index in [2.05, 4.69) is 15.1 Å². The molecular formula is C12H8N4O2. The SMILES string of the molecule is O=C(O)c1cc2nccc(-c3ccncc3)n2n1. The van der Waals surface area contributed by atoms with Crippen LogP contribution >= 0.6 is 0 Å². The first-order valence-electron chi connectivity index (χ1n) is 5.24. The lowest BCUT2D eigenvalue weighted by Crippen LogP contribution is -1.99. The minimum atomic E-state index is -1.07. The summed E-state index contributed by atoms with van der Waals surface area (Å²) in [5, 5.41) is 13.0. The van der Waals surface area contributed by atoms with Crippen molar-refractivity contribution in [1.82, 2.24) is 19.6 Å². The van der Waals surface area contributed by atoms with Crippen LogP contribution in [-0.2, 0) is 0 Å².